The van der Waals surface area contributed by atoms with Crippen LogP contribution in [0.2, 0.25) is 0 Å². The average Bonchev–Trinajstić information content (AvgIpc) is 2.47. The molecular formula is C11H12FN. The third-order valence-corrected chi connectivity index (χ3v) is 2.32. The lowest BCUT2D eigenvalue weighted by molar-refractivity contribution is 0.639. The van der Waals surface area contributed by atoms with Crippen LogP contribution in [0.5, 0.6) is 0 Å². The molecule has 1 heterocycles. The average molecular weight is 177 g/mol. The molecule has 1 aromatic carbocycles. The van der Waals surface area contributed by atoms with Gasteiger partial charge in [0.05, 0.1) is 0 Å². The van der Waals surface area contributed by atoms with Crippen molar-refractivity contribution in [2.24, 2.45) is 0 Å². The molecule has 0 aliphatic heterocycles. The second kappa shape index (κ2) is 2.87. The van der Waals surface area contributed by atoms with Crippen molar-refractivity contribution in [1.29, 1.82) is 0 Å². The maximum atomic E-state index is 13.2. The van der Waals surface area contributed by atoms with Crippen LogP contribution in [-0.4, -0.2) is 4.98 Å². The van der Waals surface area contributed by atoms with Gasteiger partial charge in [0.2, 0.25) is 0 Å². The van der Waals surface area contributed by atoms with Gasteiger partial charge in [-0.3, -0.25) is 0 Å². The van der Waals surface area contributed by atoms with E-state index < -0.39 is 0 Å². The maximum absolute atomic E-state index is 13.2. The van der Waals surface area contributed by atoms with E-state index in [1.165, 1.54) is 11.8 Å². The van der Waals surface area contributed by atoms with E-state index >= 15 is 0 Å². The highest BCUT2D eigenvalue weighted by Gasteiger charge is 2.05. The van der Waals surface area contributed by atoms with Crippen LogP contribution in [0, 0.1) is 5.82 Å². The molecule has 0 saturated heterocycles. The summed E-state index contributed by atoms with van der Waals surface area (Å²) in [4.78, 5) is 2.88. The molecule has 0 unspecified atom stereocenters. The van der Waals surface area contributed by atoms with Gasteiger partial charge in [-0.25, -0.2) is 4.39 Å². The fraction of sp³-hybridized carbons (Fsp3) is 0.273. The Morgan fingerprint density at radius 2 is 2.08 bits per heavy atom. The van der Waals surface area contributed by atoms with Crippen molar-refractivity contribution < 1.29 is 4.39 Å². The Morgan fingerprint density at radius 3 is 2.77 bits per heavy atom. The molecule has 0 amide bonds. The van der Waals surface area contributed by atoms with Crippen LogP contribution in [0.4, 0.5) is 4.39 Å². The van der Waals surface area contributed by atoms with Gasteiger partial charge in [0.1, 0.15) is 5.82 Å². The molecule has 0 bridgehead atoms. The monoisotopic (exact) mass is 177 g/mol. The van der Waals surface area contributed by atoms with E-state index in [0.717, 1.165) is 5.52 Å². The minimum Gasteiger partial charge on any atom is -0.359 e. The van der Waals surface area contributed by atoms with Crippen LogP contribution < -0.4 is 0 Å². The van der Waals surface area contributed by atoms with Crippen LogP contribution in [0.3, 0.4) is 0 Å². The number of aromatic amines is 1. The predicted molar refractivity (Wildman–Crippen MR) is 52.3 cm³/mol. The zero-order valence-electron chi connectivity index (χ0n) is 7.76. The zero-order chi connectivity index (χ0) is 9.42. The fourth-order valence-electron chi connectivity index (χ4n) is 1.46. The Bertz CT molecular complexity index is 429. The standard InChI is InChI=1S/C11H12FN/c1-7(2)8-3-4-11-9(5-8)10(12)6-13-11/h3-7,13H,1-2H3. The largest absolute Gasteiger partial charge is 0.359 e. The zero-order valence-corrected chi connectivity index (χ0v) is 7.76. The highest BCUT2D eigenvalue weighted by atomic mass is 19.1. The van der Waals surface area contributed by atoms with Gasteiger partial charge in [0.15, 0.2) is 0 Å². The molecule has 2 heteroatoms. The van der Waals surface area contributed by atoms with E-state index in [0.29, 0.717) is 11.3 Å². The van der Waals surface area contributed by atoms with Crippen molar-refractivity contribution in [1.82, 2.24) is 4.98 Å². The lowest BCUT2D eigenvalue weighted by Crippen LogP contribution is -1.86. The van der Waals surface area contributed by atoms with E-state index in [1.807, 2.05) is 18.2 Å². The van der Waals surface area contributed by atoms with E-state index in [2.05, 4.69) is 18.8 Å². The molecule has 0 aliphatic carbocycles. The second-order valence-electron chi connectivity index (χ2n) is 3.60. The highest BCUT2D eigenvalue weighted by Crippen LogP contribution is 2.22. The lowest BCUT2D eigenvalue weighted by atomic mass is 10.0. The Morgan fingerprint density at radius 1 is 1.31 bits per heavy atom. The molecule has 0 spiro atoms. The highest BCUT2D eigenvalue weighted by molar-refractivity contribution is 5.80. The Kier molecular flexibility index (Phi) is 1.83. The summed E-state index contributed by atoms with van der Waals surface area (Å²) in [5, 5.41) is 0.686. The van der Waals surface area contributed by atoms with Crippen molar-refractivity contribution in [3.63, 3.8) is 0 Å². The maximum Gasteiger partial charge on any atom is 0.148 e. The van der Waals surface area contributed by atoms with E-state index in [9.17, 15) is 4.39 Å². The normalized spacial score (nSPS) is 11.4. The van der Waals surface area contributed by atoms with Crippen molar-refractivity contribution in [2.45, 2.75) is 19.8 Å². The van der Waals surface area contributed by atoms with Gasteiger partial charge in [-0.2, -0.15) is 0 Å². The van der Waals surface area contributed by atoms with Gasteiger partial charge in [-0.05, 0) is 23.6 Å². The Labute approximate surface area is 76.6 Å². The minimum atomic E-state index is -0.169. The molecule has 13 heavy (non-hydrogen) atoms. The number of H-pyrrole nitrogens is 1. The first kappa shape index (κ1) is 8.30. The van der Waals surface area contributed by atoms with Gasteiger partial charge >= 0.3 is 0 Å². The van der Waals surface area contributed by atoms with Gasteiger partial charge in [0.25, 0.3) is 0 Å². The number of rotatable bonds is 1. The Hall–Kier alpha value is -1.31. The summed E-state index contributed by atoms with van der Waals surface area (Å²) >= 11 is 0. The van der Waals surface area contributed by atoms with Crippen molar-refractivity contribution in [3.8, 4) is 0 Å². The van der Waals surface area contributed by atoms with Crippen LogP contribution >= 0.6 is 0 Å². The summed E-state index contributed by atoms with van der Waals surface area (Å²) in [6, 6.07) is 5.86. The number of halogens is 1. The summed E-state index contributed by atoms with van der Waals surface area (Å²) in [5.74, 6) is 0.274. The summed E-state index contributed by atoms with van der Waals surface area (Å²) in [7, 11) is 0. The van der Waals surface area contributed by atoms with Crippen LogP contribution in [-0.2, 0) is 0 Å². The SMILES string of the molecule is CC(C)c1ccc2[nH]cc(F)c2c1. The molecule has 1 nitrogen and oxygen atoms in total. The molecule has 2 aromatic rings. The summed E-state index contributed by atoms with van der Waals surface area (Å²) in [6.45, 7) is 4.21. The number of aromatic nitrogens is 1. The first-order valence-corrected chi connectivity index (χ1v) is 4.45. The van der Waals surface area contributed by atoms with Gasteiger partial charge in [0, 0.05) is 17.1 Å². The minimum absolute atomic E-state index is 0.169. The molecule has 1 N–H and O–H groups in total. The smallest absolute Gasteiger partial charge is 0.148 e. The van der Waals surface area contributed by atoms with Gasteiger partial charge < -0.3 is 4.98 Å². The summed E-state index contributed by atoms with van der Waals surface area (Å²) < 4.78 is 13.2. The lowest BCUT2D eigenvalue weighted by Gasteiger charge is -2.04. The van der Waals surface area contributed by atoms with Gasteiger partial charge in [-0.15, -0.1) is 0 Å². The number of nitrogens with one attached hydrogen (secondary N) is 1. The molecule has 0 radical (unpaired) electrons. The third kappa shape index (κ3) is 1.32. The van der Waals surface area contributed by atoms with Crippen LogP contribution in [0.25, 0.3) is 10.9 Å². The third-order valence-electron chi connectivity index (χ3n) is 2.32. The Balaban J connectivity index is 2.66. The molecule has 0 aliphatic rings. The predicted octanol–water partition coefficient (Wildman–Crippen LogP) is 3.43. The van der Waals surface area contributed by atoms with Crippen molar-refractivity contribution in [2.75, 3.05) is 0 Å². The van der Waals surface area contributed by atoms with Crippen LogP contribution in [0.15, 0.2) is 24.4 Å². The second-order valence-corrected chi connectivity index (χ2v) is 3.60. The number of benzene rings is 1. The van der Waals surface area contributed by atoms with E-state index in [1.54, 1.807) is 0 Å². The molecule has 2 rings (SSSR count). The molecule has 68 valence electrons. The fourth-order valence-corrected chi connectivity index (χ4v) is 1.46. The quantitative estimate of drug-likeness (QED) is 0.686. The van der Waals surface area contributed by atoms with Crippen LogP contribution in [0.1, 0.15) is 25.3 Å². The number of hydrogen-bond donors (Lipinski definition) is 1. The van der Waals surface area contributed by atoms with Gasteiger partial charge in [-0.1, -0.05) is 19.9 Å². The molecule has 0 saturated carbocycles. The summed E-state index contributed by atoms with van der Waals surface area (Å²) in [6.07, 6.45) is 1.40. The summed E-state index contributed by atoms with van der Waals surface area (Å²) in [5.41, 5.74) is 2.04. The number of hydrogen-bond acceptors (Lipinski definition) is 0. The first-order valence-electron chi connectivity index (χ1n) is 4.45. The number of fused-ring (bicyclic) bond motifs is 1. The molecule has 1 aromatic heterocycles. The molecular weight excluding hydrogens is 165 g/mol. The topological polar surface area (TPSA) is 15.8 Å². The first-order chi connectivity index (χ1) is 6.18. The molecule has 0 atom stereocenters. The molecule has 0 fully saturated rings. The van der Waals surface area contributed by atoms with Crippen molar-refractivity contribution in [3.05, 3.63) is 35.8 Å². The van der Waals surface area contributed by atoms with Crippen molar-refractivity contribution >= 4 is 10.9 Å². The van der Waals surface area contributed by atoms with E-state index in [4.69, 9.17) is 0 Å². The van der Waals surface area contributed by atoms with E-state index in [-0.39, 0.29) is 5.82 Å².